The largest absolute Gasteiger partial charge is 0.493 e. The van der Waals surface area contributed by atoms with Gasteiger partial charge >= 0.3 is 0 Å². The Morgan fingerprint density at radius 3 is 2.44 bits per heavy atom. The van der Waals surface area contributed by atoms with Gasteiger partial charge in [-0.2, -0.15) is 5.10 Å². The van der Waals surface area contributed by atoms with E-state index in [-0.39, 0.29) is 24.1 Å². The number of nitrogens with zero attached hydrogens (tertiary/aromatic N) is 3. The summed E-state index contributed by atoms with van der Waals surface area (Å²) in [7, 11) is 1.69. The van der Waals surface area contributed by atoms with E-state index in [4.69, 9.17) is 4.74 Å². The quantitative estimate of drug-likeness (QED) is 0.557. The smallest absolute Gasteiger partial charge is 0.244 e. The Morgan fingerprint density at radius 2 is 1.78 bits per heavy atom. The van der Waals surface area contributed by atoms with Crippen molar-refractivity contribution in [2.75, 3.05) is 20.2 Å². The maximum atomic E-state index is 13.3. The van der Waals surface area contributed by atoms with E-state index in [0.29, 0.717) is 47.8 Å². The monoisotopic (exact) mass is 498 g/mol. The molecular formula is C28H42N4O4. The summed E-state index contributed by atoms with van der Waals surface area (Å²) in [5.41, 5.74) is 1.01. The number of hydrogen-bond acceptors (Lipinski definition) is 5. The van der Waals surface area contributed by atoms with Crippen molar-refractivity contribution in [3.05, 3.63) is 23.9 Å². The molecule has 1 aromatic carbocycles. The molecule has 198 valence electrons. The first-order valence-corrected chi connectivity index (χ1v) is 13.5. The number of carbonyl (C=O) groups excluding carboxylic acids is 3. The Morgan fingerprint density at radius 1 is 1.11 bits per heavy atom. The van der Waals surface area contributed by atoms with Crippen molar-refractivity contribution in [2.45, 2.75) is 91.1 Å². The maximum absolute atomic E-state index is 13.3. The fourth-order valence-electron chi connectivity index (χ4n) is 4.66. The number of nitrogens with one attached hydrogen (secondary N) is 1. The molecule has 1 atom stereocenters. The standard InChI is InChI=1S/C28H42N4O4/c1-20(2)19-36-22-14-15-24-23(17-22)27(21(3)33)30-32(24)18-26(34)31(4)25-13-11-9-7-5-6-8-10-12-16-29-28(25)35/h14-15,17,20,25H,5-13,16,18-19H2,1-4H3,(H,29,35). The molecule has 0 radical (unpaired) electrons. The van der Waals surface area contributed by atoms with E-state index in [9.17, 15) is 14.4 Å². The summed E-state index contributed by atoms with van der Waals surface area (Å²) in [6, 6.07) is 4.98. The number of hydrogen-bond donors (Lipinski definition) is 1. The van der Waals surface area contributed by atoms with Crippen LogP contribution >= 0.6 is 0 Å². The van der Waals surface area contributed by atoms with Gasteiger partial charge in [0.1, 0.15) is 24.0 Å². The normalized spacial score (nSPS) is 18.1. The first-order chi connectivity index (χ1) is 17.3. The molecule has 8 nitrogen and oxygen atoms in total. The topological polar surface area (TPSA) is 93.5 Å². The van der Waals surface area contributed by atoms with Crippen LogP contribution in [0.2, 0.25) is 0 Å². The molecule has 0 bridgehead atoms. The van der Waals surface area contributed by atoms with Crippen molar-refractivity contribution in [3.63, 3.8) is 0 Å². The van der Waals surface area contributed by atoms with Crippen LogP contribution in [0.25, 0.3) is 10.9 Å². The second-order valence-electron chi connectivity index (χ2n) is 10.4. The highest BCUT2D eigenvalue weighted by molar-refractivity contribution is 6.05. The summed E-state index contributed by atoms with van der Waals surface area (Å²) in [6.07, 6.45) is 9.57. The van der Waals surface area contributed by atoms with Gasteiger partial charge in [-0.1, -0.05) is 58.8 Å². The van der Waals surface area contributed by atoms with Gasteiger partial charge in [-0.25, -0.2) is 0 Å². The minimum absolute atomic E-state index is 0.0454. The molecule has 2 heterocycles. The number of rotatable bonds is 7. The summed E-state index contributed by atoms with van der Waals surface area (Å²) in [5.74, 6) is 0.574. The van der Waals surface area contributed by atoms with E-state index in [1.165, 1.54) is 32.6 Å². The van der Waals surface area contributed by atoms with Crippen molar-refractivity contribution in [2.24, 2.45) is 5.92 Å². The molecule has 2 aromatic rings. The average molecular weight is 499 g/mol. The Bertz CT molecular complexity index is 1050. The van der Waals surface area contributed by atoms with Crippen molar-refractivity contribution < 1.29 is 19.1 Å². The lowest BCUT2D eigenvalue weighted by Gasteiger charge is -2.27. The molecule has 2 amide bonds. The van der Waals surface area contributed by atoms with Crippen LogP contribution < -0.4 is 10.1 Å². The van der Waals surface area contributed by atoms with Crippen molar-refractivity contribution >= 4 is 28.5 Å². The van der Waals surface area contributed by atoms with Crippen molar-refractivity contribution in [1.82, 2.24) is 20.0 Å². The first-order valence-electron chi connectivity index (χ1n) is 13.5. The second kappa shape index (κ2) is 13.4. The number of carbonyl (C=O) groups is 3. The van der Waals surface area contributed by atoms with Crippen LogP contribution in [0.4, 0.5) is 0 Å². The first kappa shape index (κ1) is 27.7. The molecule has 8 heteroatoms. The van der Waals surface area contributed by atoms with Gasteiger partial charge in [0.05, 0.1) is 12.1 Å². The number of ether oxygens (including phenoxy) is 1. The van der Waals surface area contributed by atoms with Crippen LogP contribution in [0.5, 0.6) is 5.75 Å². The zero-order valence-corrected chi connectivity index (χ0v) is 22.3. The third kappa shape index (κ3) is 7.55. The summed E-state index contributed by atoms with van der Waals surface area (Å²) in [5, 5.41) is 8.17. The third-order valence-electron chi connectivity index (χ3n) is 6.79. The van der Waals surface area contributed by atoms with Gasteiger partial charge in [0.2, 0.25) is 11.8 Å². The molecule has 0 aliphatic carbocycles. The van der Waals surface area contributed by atoms with Crippen LogP contribution in [0.3, 0.4) is 0 Å². The van der Waals surface area contributed by atoms with E-state index in [1.807, 2.05) is 18.2 Å². The molecule has 1 saturated heterocycles. The summed E-state index contributed by atoms with van der Waals surface area (Å²) in [4.78, 5) is 40.2. The minimum Gasteiger partial charge on any atom is -0.493 e. The minimum atomic E-state index is -0.511. The maximum Gasteiger partial charge on any atom is 0.244 e. The van der Waals surface area contributed by atoms with Gasteiger partial charge in [0.15, 0.2) is 5.78 Å². The highest BCUT2D eigenvalue weighted by atomic mass is 16.5. The van der Waals surface area contributed by atoms with E-state index in [1.54, 1.807) is 16.6 Å². The molecular weight excluding hydrogens is 456 g/mol. The molecule has 0 saturated carbocycles. The Labute approximate surface area is 214 Å². The van der Waals surface area contributed by atoms with Crippen molar-refractivity contribution in [1.29, 1.82) is 0 Å². The average Bonchev–Trinajstić information content (AvgIpc) is 3.21. The Balaban J connectivity index is 1.77. The zero-order valence-electron chi connectivity index (χ0n) is 22.3. The van der Waals surface area contributed by atoms with Gasteiger partial charge < -0.3 is 15.0 Å². The van der Waals surface area contributed by atoms with E-state index >= 15 is 0 Å². The predicted molar refractivity (Wildman–Crippen MR) is 141 cm³/mol. The zero-order chi connectivity index (χ0) is 26.1. The molecule has 1 unspecified atom stereocenters. The fraction of sp³-hybridized carbons (Fsp3) is 0.643. The van der Waals surface area contributed by atoms with Gasteiger partial charge in [0.25, 0.3) is 0 Å². The lowest BCUT2D eigenvalue weighted by Crippen LogP contribution is -2.48. The van der Waals surface area contributed by atoms with Crippen LogP contribution in [-0.2, 0) is 16.1 Å². The molecule has 36 heavy (non-hydrogen) atoms. The SMILES string of the molecule is CC(=O)c1nn(CC(=O)N(C)C2CCCCCCCCCCNC2=O)c2ccc(OCC(C)C)cc12. The number of likely N-dealkylation sites (N-methyl/N-ethyl adjacent to an activating group) is 1. The molecule has 1 N–H and O–H groups in total. The highest BCUT2D eigenvalue weighted by Gasteiger charge is 2.27. The lowest BCUT2D eigenvalue weighted by molar-refractivity contribution is -0.139. The molecule has 1 aliphatic heterocycles. The second-order valence-corrected chi connectivity index (χ2v) is 10.4. The number of ketones is 1. The van der Waals surface area contributed by atoms with Gasteiger partial charge in [-0.05, 0) is 37.0 Å². The predicted octanol–water partition coefficient (Wildman–Crippen LogP) is 4.74. The van der Waals surface area contributed by atoms with Crippen LogP contribution in [0.15, 0.2) is 18.2 Å². The number of benzene rings is 1. The number of aromatic nitrogens is 2. The Kier molecular flexibility index (Phi) is 10.3. The van der Waals surface area contributed by atoms with Gasteiger partial charge in [-0.15, -0.1) is 0 Å². The molecule has 1 aromatic heterocycles. The molecule has 0 spiro atoms. The molecule has 3 rings (SSSR count). The van der Waals surface area contributed by atoms with Crippen LogP contribution in [-0.4, -0.2) is 58.5 Å². The summed E-state index contributed by atoms with van der Waals surface area (Å²) >= 11 is 0. The van der Waals surface area contributed by atoms with Gasteiger partial charge in [0, 0.05) is 25.9 Å². The van der Waals surface area contributed by atoms with E-state index in [0.717, 1.165) is 25.7 Å². The van der Waals surface area contributed by atoms with Crippen LogP contribution in [0.1, 0.15) is 89.0 Å². The van der Waals surface area contributed by atoms with Crippen molar-refractivity contribution in [3.8, 4) is 5.75 Å². The molecule has 1 aliphatic rings. The summed E-state index contributed by atoms with van der Waals surface area (Å²) < 4.78 is 7.39. The number of Topliss-reactive ketones (excluding diaryl/α,β-unsaturated/α-hetero) is 1. The Hall–Kier alpha value is -2.90. The number of fused-ring (bicyclic) bond motifs is 1. The highest BCUT2D eigenvalue weighted by Crippen LogP contribution is 2.25. The van der Waals surface area contributed by atoms with E-state index in [2.05, 4.69) is 24.3 Å². The summed E-state index contributed by atoms with van der Waals surface area (Å²) in [6.45, 7) is 6.79. The molecule has 1 fully saturated rings. The van der Waals surface area contributed by atoms with E-state index < -0.39 is 6.04 Å². The van der Waals surface area contributed by atoms with Crippen LogP contribution in [0, 0.1) is 5.92 Å². The van der Waals surface area contributed by atoms with Gasteiger partial charge in [-0.3, -0.25) is 19.1 Å². The third-order valence-corrected chi connectivity index (χ3v) is 6.79. The fourth-order valence-corrected chi connectivity index (χ4v) is 4.66. The number of amides is 2. The lowest BCUT2D eigenvalue weighted by atomic mass is 10.0.